The highest BCUT2D eigenvalue weighted by Gasteiger charge is 2.23. The van der Waals surface area contributed by atoms with Crippen molar-refractivity contribution in [3.05, 3.63) is 96.1 Å². The number of nitrogens with zero attached hydrogens (tertiary/aromatic N) is 1. The second-order valence-corrected chi connectivity index (χ2v) is 9.57. The van der Waals surface area contributed by atoms with Crippen molar-refractivity contribution in [3.63, 3.8) is 0 Å². The molecule has 0 aliphatic carbocycles. The van der Waals surface area contributed by atoms with Crippen LogP contribution in [0, 0.1) is 5.92 Å². The third-order valence-electron chi connectivity index (χ3n) is 7.42. The van der Waals surface area contributed by atoms with E-state index >= 15 is 0 Å². The lowest BCUT2D eigenvalue weighted by Crippen LogP contribution is -2.19. The van der Waals surface area contributed by atoms with Gasteiger partial charge in [-0.2, -0.15) is 0 Å². The largest absolute Gasteiger partial charge is 0.310 e. The molecule has 1 unspecified atom stereocenters. The molecule has 0 aliphatic rings. The molecule has 0 aromatic heterocycles. The van der Waals surface area contributed by atoms with E-state index in [0.29, 0.717) is 11.8 Å². The first-order chi connectivity index (χ1) is 15.3. The third kappa shape index (κ3) is 4.99. The van der Waals surface area contributed by atoms with Crippen LogP contribution >= 0.6 is 0 Å². The molecule has 1 nitrogen and oxygen atoms in total. The standard InChI is InChI=1S/C31H39N/c1-8-25-12-11-13-30(22-25)32(28-18-14-26(15-19-28)24(6)23(4)5)29-20-16-27(17-21-29)31(7,9-2)10-3/h8,11-24H,1,9-10H2,2-7H3. The fourth-order valence-electron chi connectivity index (χ4n) is 4.22. The van der Waals surface area contributed by atoms with Gasteiger partial charge < -0.3 is 4.90 Å². The lowest BCUT2D eigenvalue weighted by molar-refractivity contribution is 0.439. The molecule has 0 fully saturated rings. The maximum atomic E-state index is 3.96. The maximum absolute atomic E-state index is 3.96. The van der Waals surface area contributed by atoms with E-state index in [2.05, 4.69) is 126 Å². The Hall–Kier alpha value is -2.80. The van der Waals surface area contributed by atoms with Crippen molar-refractivity contribution in [1.29, 1.82) is 0 Å². The Morgan fingerprint density at radius 1 is 0.812 bits per heavy atom. The lowest BCUT2D eigenvalue weighted by atomic mass is 9.78. The second kappa shape index (κ2) is 10.2. The fourth-order valence-corrected chi connectivity index (χ4v) is 4.22. The van der Waals surface area contributed by atoms with Gasteiger partial charge in [-0.25, -0.2) is 0 Å². The first-order valence-corrected chi connectivity index (χ1v) is 12.1. The number of anilines is 3. The van der Waals surface area contributed by atoms with Crippen LogP contribution in [0.15, 0.2) is 79.4 Å². The summed E-state index contributed by atoms with van der Waals surface area (Å²) in [6.07, 6.45) is 4.19. The molecule has 0 bridgehead atoms. The second-order valence-electron chi connectivity index (χ2n) is 9.57. The van der Waals surface area contributed by atoms with Gasteiger partial charge >= 0.3 is 0 Å². The van der Waals surface area contributed by atoms with E-state index in [9.17, 15) is 0 Å². The molecule has 32 heavy (non-hydrogen) atoms. The topological polar surface area (TPSA) is 3.24 Å². The molecule has 3 rings (SSSR count). The van der Waals surface area contributed by atoms with E-state index in [0.717, 1.165) is 24.1 Å². The molecule has 0 saturated heterocycles. The van der Waals surface area contributed by atoms with Crippen molar-refractivity contribution in [2.45, 2.75) is 65.7 Å². The maximum Gasteiger partial charge on any atom is 0.0467 e. The van der Waals surface area contributed by atoms with Gasteiger partial charge in [0, 0.05) is 17.1 Å². The zero-order valence-electron chi connectivity index (χ0n) is 20.7. The normalized spacial score (nSPS) is 12.6. The van der Waals surface area contributed by atoms with E-state index in [1.54, 1.807) is 0 Å². The van der Waals surface area contributed by atoms with E-state index < -0.39 is 0 Å². The van der Waals surface area contributed by atoms with E-state index in [1.807, 2.05) is 6.08 Å². The molecule has 0 N–H and O–H groups in total. The summed E-state index contributed by atoms with van der Waals surface area (Å²) in [5, 5.41) is 0. The minimum Gasteiger partial charge on any atom is -0.310 e. The zero-order valence-corrected chi connectivity index (χ0v) is 20.7. The van der Waals surface area contributed by atoms with Crippen LogP contribution in [0.4, 0.5) is 17.1 Å². The highest BCUT2D eigenvalue weighted by Crippen LogP contribution is 2.38. The van der Waals surface area contributed by atoms with Crippen LogP contribution in [-0.2, 0) is 5.41 Å². The summed E-state index contributed by atoms with van der Waals surface area (Å²) >= 11 is 0. The van der Waals surface area contributed by atoms with Crippen LogP contribution in [0.2, 0.25) is 0 Å². The Balaban J connectivity index is 2.07. The quantitative estimate of drug-likeness (QED) is 0.330. The van der Waals surface area contributed by atoms with Crippen LogP contribution in [0.3, 0.4) is 0 Å². The minimum atomic E-state index is 0.223. The molecule has 3 aromatic carbocycles. The number of benzene rings is 3. The molecule has 3 aromatic rings. The summed E-state index contributed by atoms with van der Waals surface area (Å²) < 4.78 is 0. The van der Waals surface area contributed by atoms with E-state index in [-0.39, 0.29) is 5.41 Å². The van der Waals surface area contributed by atoms with Crippen LogP contribution in [0.5, 0.6) is 0 Å². The molecule has 1 atom stereocenters. The van der Waals surface area contributed by atoms with Crippen LogP contribution in [-0.4, -0.2) is 0 Å². The third-order valence-corrected chi connectivity index (χ3v) is 7.42. The molecule has 0 amide bonds. The Bertz CT molecular complexity index is 1010. The molecule has 0 aliphatic heterocycles. The summed E-state index contributed by atoms with van der Waals surface area (Å²) in [7, 11) is 0. The molecule has 0 heterocycles. The van der Waals surface area contributed by atoms with Crippen LogP contribution in [0.25, 0.3) is 6.08 Å². The molecule has 0 radical (unpaired) electrons. The fraction of sp³-hybridized carbons (Fsp3) is 0.355. The minimum absolute atomic E-state index is 0.223. The van der Waals surface area contributed by atoms with Gasteiger partial charge in [-0.3, -0.25) is 0 Å². The first kappa shape index (κ1) is 23.9. The Labute approximate surface area is 195 Å². The highest BCUT2D eigenvalue weighted by atomic mass is 15.1. The molecule has 1 heteroatoms. The summed E-state index contributed by atoms with van der Waals surface area (Å²) in [6.45, 7) is 17.8. The molecular formula is C31H39N. The van der Waals surface area contributed by atoms with Gasteiger partial charge in [-0.1, -0.05) is 90.6 Å². The van der Waals surface area contributed by atoms with Gasteiger partial charge in [0.25, 0.3) is 0 Å². The van der Waals surface area contributed by atoms with Gasteiger partial charge in [-0.05, 0) is 83.2 Å². The Morgan fingerprint density at radius 3 is 1.88 bits per heavy atom. The highest BCUT2D eigenvalue weighted by molar-refractivity contribution is 5.78. The van der Waals surface area contributed by atoms with E-state index in [4.69, 9.17) is 0 Å². The van der Waals surface area contributed by atoms with Crippen molar-refractivity contribution in [1.82, 2.24) is 0 Å². The number of rotatable bonds is 9. The summed E-state index contributed by atoms with van der Waals surface area (Å²) in [5.74, 6) is 1.17. The predicted octanol–water partition coefficient (Wildman–Crippen LogP) is 9.64. The predicted molar refractivity (Wildman–Crippen MR) is 142 cm³/mol. The number of hydrogen-bond acceptors (Lipinski definition) is 1. The number of hydrogen-bond donors (Lipinski definition) is 0. The first-order valence-electron chi connectivity index (χ1n) is 12.1. The van der Waals surface area contributed by atoms with Crippen molar-refractivity contribution in [2.24, 2.45) is 5.92 Å². The van der Waals surface area contributed by atoms with Crippen LogP contribution < -0.4 is 4.90 Å². The van der Waals surface area contributed by atoms with Gasteiger partial charge in [0.05, 0.1) is 0 Å². The Kier molecular flexibility index (Phi) is 7.61. The van der Waals surface area contributed by atoms with Gasteiger partial charge in [0.2, 0.25) is 0 Å². The van der Waals surface area contributed by atoms with Gasteiger partial charge in [0.1, 0.15) is 0 Å². The van der Waals surface area contributed by atoms with Gasteiger partial charge in [0.15, 0.2) is 0 Å². The summed E-state index contributed by atoms with van der Waals surface area (Å²) in [5.41, 5.74) is 7.64. The van der Waals surface area contributed by atoms with Crippen molar-refractivity contribution < 1.29 is 0 Å². The monoisotopic (exact) mass is 425 g/mol. The SMILES string of the molecule is C=Cc1cccc(N(c2ccc(C(C)C(C)C)cc2)c2ccc(C(C)(CC)CC)cc2)c1. The lowest BCUT2D eigenvalue weighted by Gasteiger charge is -2.30. The van der Waals surface area contributed by atoms with Crippen molar-refractivity contribution in [3.8, 4) is 0 Å². The van der Waals surface area contributed by atoms with E-state index in [1.165, 1.54) is 22.5 Å². The van der Waals surface area contributed by atoms with Crippen LogP contribution in [0.1, 0.15) is 77.0 Å². The smallest absolute Gasteiger partial charge is 0.0467 e. The molecular weight excluding hydrogens is 386 g/mol. The molecule has 0 spiro atoms. The molecule has 0 saturated carbocycles. The van der Waals surface area contributed by atoms with Gasteiger partial charge in [-0.15, -0.1) is 0 Å². The average Bonchev–Trinajstić information content (AvgIpc) is 2.84. The average molecular weight is 426 g/mol. The molecule has 168 valence electrons. The summed E-state index contributed by atoms with van der Waals surface area (Å²) in [4.78, 5) is 2.34. The summed E-state index contributed by atoms with van der Waals surface area (Å²) in [6, 6.07) is 26.8. The van der Waals surface area contributed by atoms with Crippen molar-refractivity contribution >= 4 is 23.1 Å². The zero-order chi connectivity index (χ0) is 23.3. The Morgan fingerprint density at radius 2 is 1.38 bits per heavy atom. The van der Waals surface area contributed by atoms with Crippen molar-refractivity contribution in [2.75, 3.05) is 4.90 Å².